The highest BCUT2D eigenvalue weighted by Crippen LogP contribution is 2.33. The van der Waals surface area contributed by atoms with E-state index in [2.05, 4.69) is 31.9 Å². The molecule has 1 aromatic heterocycles. The third-order valence-corrected chi connectivity index (χ3v) is 5.21. The first-order valence-corrected chi connectivity index (χ1v) is 10.2. The normalized spacial score (nSPS) is 13.7. The maximum absolute atomic E-state index is 12.4. The Labute approximate surface area is 175 Å². The summed E-state index contributed by atoms with van der Waals surface area (Å²) in [6.07, 6.45) is 7.21. The molecule has 3 aromatic rings. The van der Waals surface area contributed by atoms with Gasteiger partial charge < -0.3 is 20.9 Å². The molecule has 2 aromatic carbocycles. The van der Waals surface area contributed by atoms with E-state index in [0.717, 1.165) is 23.9 Å². The molecule has 7 nitrogen and oxygen atoms in total. The standard InChI is InChI=1S/C23H25N5O2/c29-22(16-25-23(30)26-17-7-3-1-4-8-17)27-20-9-10-21(28-13-5-2-6-14-28)18-11-12-24-15-19(18)20/h1,3-4,7-12,15H,2,5-6,13-14,16H2,(H,27,29)(H2,25,26,30). The highest BCUT2D eigenvalue weighted by atomic mass is 16.2. The predicted octanol–water partition coefficient (Wildman–Crippen LogP) is 3.99. The molecule has 0 aliphatic carbocycles. The van der Waals surface area contributed by atoms with Crippen LogP contribution in [0.25, 0.3) is 10.8 Å². The second-order valence-corrected chi connectivity index (χ2v) is 7.32. The van der Waals surface area contributed by atoms with E-state index >= 15 is 0 Å². The molecular weight excluding hydrogens is 378 g/mol. The van der Waals surface area contributed by atoms with Gasteiger partial charge in [0.05, 0.1) is 12.2 Å². The van der Waals surface area contributed by atoms with Gasteiger partial charge in [0.1, 0.15) is 0 Å². The lowest BCUT2D eigenvalue weighted by Crippen LogP contribution is -2.35. The summed E-state index contributed by atoms with van der Waals surface area (Å²) in [7, 11) is 0. The van der Waals surface area contributed by atoms with Crippen LogP contribution in [0, 0.1) is 0 Å². The zero-order valence-electron chi connectivity index (χ0n) is 16.7. The van der Waals surface area contributed by atoms with Crippen molar-refractivity contribution in [1.29, 1.82) is 0 Å². The number of pyridine rings is 1. The number of aromatic nitrogens is 1. The zero-order valence-corrected chi connectivity index (χ0v) is 16.7. The summed E-state index contributed by atoms with van der Waals surface area (Å²) in [5, 5.41) is 10.1. The molecule has 4 rings (SSSR count). The fourth-order valence-corrected chi connectivity index (χ4v) is 3.75. The van der Waals surface area contributed by atoms with Crippen molar-refractivity contribution in [2.75, 3.05) is 35.2 Å². The van der Waals surface area contributed by atoms with Crippen molar-refractivity contribution in [2.45, 2.75) is 19.3 Å². The molecule has 0 bridgehead atoms. The number of nitrogens with zero attached hydrogens (tertiary/aromatic N) is 2. The van der Waals surface area contributed by atoms with Crippen LogP contribution in [0.1, 0.15) is 19.3 Å². The van der Waals surface area contributed by atoms with Crippen molar-refractivity contribution in [3.63, 3.8) is 0 Å². The monoisotopic (exact) mass is 403 g/mol. The second-order valence-electron chi connectivity index (χ2n) is 7.32. The molecule has 30 heavy (non-hydrogen) atoms. The van der Waals surface area contributed by atoms with Crippen LogP contribution in [0.3, 0.4) is 0 Å². The van der Waals surface area contributed by atoms with E-state index in [4.69, 9.17) is 0 Å². The van der Waals surface area contributed by atoms with Crippen molar-refractivity contribution < 1.29 is 9.59 Å². The molecule has 3 amide bonds. The molecule has 1 fully saturated rings. The average Bonchev–Trinajstić information content (AvgIpc) is 2.79. The van der Waals surface area contributed by atoms with Crippen LogP contribution in [0.15, 0.2) is 60.9 Å². The van der Waals surface area contributed by atoms with Crippen molar-refractivity contribution >= 4 is 39.8 Å². The molecule has 0 spiro atoms. The number of carbonyl (C=O) groups is 2. The summed E-state index contributed by atoms with van der Waals surface area (Å²) in [5.74, 6) is -0.297. The summed E-state index contributed by atoms with van der Waals surface area (Å²) in [4.78, 5) is 31.0. The summed E-state index contributed by atoms with van der Waals surface area (Å²) in [6.45, 7) is 1.96. The third-order valence-electron chi connectivity index (χ3n) is 5.21. The maximum atomic E-state index is 12.4. The minimum Gasteiger partial charge on any atom is -0.371 e. The third kappa shape index (κ3) is 4.68. The van der Waals surface area contributed by atoms with Crippen LogP contribution in [-0.2, 0) is 4.79 Å². The Bertz CT molecular complexity index is 1030. The number of rotatable bonds is 5. The Hall–Kier alpha value is -3.61. The lowest BCUT2D eigenvalue weighted by atomic mass is 10.1. The van der Waals surface area contributed by atoms with Crippen LogP contribution < -0.4 is 20.9 Å². The van der Waals surface area contributed by atoms with Gasteiger partial charge in [-0.15, -0.1) is 0 Å². The number of benzene rings is 2. The van der Waals surface area contributed by atoms with E-state index in [-0.39, 0.29) is 12.5 Å². The Morgan fingerprint density at radius 3 is 2.50 bits per heavy atom. The van der Waals surface area contributed by atoms with Gasteiger partial charge >= 0.3 is 6.03 Å². The molecule has 7 heteroatoms. The van der Waals surface area contributed by atoms with E-state index in [0.29, 0.717) is 11.4 Å². The number of para-hydroxylation sites is 1. The summed E-state index contributed by atoms with van der Waals surface area (Å²) in [6, 6.07) is 14.6. The first-order chi connectivity index (χ1) is 14.7. The molecule has 154 valence electrons. The minimum atomic E-state index is -0.427. The quantitative estimate of drug-likeness (QED) is 0.601. The van der Waals surface area contributed by atoms with Gasteiger partial charge in [0, 0.05) is 47.6 Å². The lowest BCUT2D eigenvalue weighted by Gasteiger charge is -2.30. The van der Waals surface area contributed by atoms with Gasteiger partial charge in [-0.1, -0.05) is 18.2 Å². The Balaban J connectivity index is 1.42. The summed E-state index contributed by atoms with van der Waals surface area (Å²) >= 11 is 0. The first-order valence-electron chi connectivity index (χ1n) is 10.2. The number of piperidine rings is 1. The number of urea groups is 1. The number of hydrogen-bond donors (Lipinski definition) is 3. The van der Waals surface area contributed by atoms with Crippen molar-refractivity contribution in [3.05, 3.63) is 60.9 Å². The molecule has 1 aliphatic rings. The number of fused-ring (bicyclic) bond motifs is 1. The fourth-order valence-electron chi connectivity index (χ4n) is 3.75. The topological polar surface area (TPSA) is 86.4 Å². The highest BCUT2D eigenvalue weighted by Gasteiger charge is 2.16. The average molecular weight is 403 g/mol. The SMILES string of the molecule is O=C(CNC(=O)Nc1ccccc1)Nc1ccc(N2CCCCC2)c2ccncc12. The van der Waals surface area contributed by atoms with E-state index in [1.54, 1.807) is 24.5 Å². The van der Waals surface area contributed by atoms with E-state index in [1.807, 2.05) is 30.3 Å². The zero-order chi connectivity index (χ0) is 20.8. The number of anilines is 3. The molecule has 3 N–H and O–H groups in total. The van der Waals surface area contributed by atoms with Gasteiger partial charge in [0.15, 0.2) is 0 Å². The number of amides is 3. The van der Waals surface area contributed by atoms with Gasteiger partial charge in [0.25, 0.3) is 0 Å². The number of hydrogen-bond acceptors (Lipinski definition) is 4. The van der Waals surface area contributed by atoms with Crippen LogP contribution in [0.2, 0.25) is 0 Å². The Morgan fingerprint density at radius 2 is 1.70 bits per heavy atom. The van der Waals surface area contributed by atoms with Gasteiger partial charge in [-0.25, -0.2) is 4.79 Å². The van der Waals surface area contributed by atoms with Crippen LogP contribution >= 0.6 is 0 Å². The second kappa shape index (κ2) is 9.26. The number of carbonyl (C=O) groups excluding carboxylic acids is 2. The Morgan fingerprint density at radius 1 is 0.900 bits per heavy atom. The molecule has 2 heterocycles. The molecule has 0 radical (unpaired) electrons. The van der Waals surface area contributed by atoms with Crippen molar-refractivity contribution in [2.24, 2.45) is 0 Å². The first kappa shape index (κ1) is 19.7. The minimum absolute atomic E-state index is 0.131. The molecular formula is C23H25N5O2. The molecule has 1 aliphatic heterocycles. The highest BCUT2D eigenvalue weighted by molar-refractivity contribution is 6.07. The van der Waals surface area contributed by atoms with Crippen LogP contribution in [-0.4, -0.2) is 36.6 Å². The lowest BCUT2D eigenvalue weighted by molar-refractivity contribution is -0.115. The van der Waals surface area contributed by atoms with E-state index in [9.17, 15) is 9.59 Å². The van der Waals surface area contributed by atoms with Crippen LogP contribution in [0.4, 0.5) is 21.9 Å². The van der Waals surface area contributed by atoms with Gasteiger partial charge in [-0.3, -0.25) is 9.78 Å². The summed E-state index contributed by atoms with van der Waals surface area (Å²) in [5.41, 5.74) is 2.53. The molecule has 1 saturated heterocycles. The van der Waals surface area contributed by atoms with Crippen molar-refractivity contribution in [1.82, 2.24) is 10.3 Å². The van der Waals surface area contributed by atoms with Crippen LogP contribution in [0.5, 0.6) is 0 Å². The van der Waals surface area contributed by atoms with Gasteiger partial charge in [-0.2, -0.15) is 0 Å². The van der Waals surface area contributed by atoms with Gasteiger partial charge in [0.2, 0.25) is 5.91 Å². The Kier molecular flexibility index (Phi) is 6.08. The molecule has 0 saturated carbocycles. The largest absolute Gasteiger partial charge is 0.371 e. The smallest absolute Gasteiger partial charge is 0.319 e. The summed E-state index contributed by atoms with van der Waals surface area (Å²) < 4.78 is 0. The van der Waals surface area contributed by atoms with E-state index in [1.165, 1.54) is 24.9 Å². The van der Waals surface area contributed by atoms with E-state index < -0.39 is 6.03 Å². The number of nitrogens with one attached hydrogen (secondary N) is 3. The molecule has 0 atom stereocenters. The molecule has 0 unspecified atom stereocenters. The van der Waals surface area contributed by atoms with Crippen molar-refractivity contribution in [3.8, 4) is 0 Å². The predicted molar refractivity (Wildman–Crippen MR) is 120 cm³/mol. The maximum Gasteiger partial charge on any atom is 0.319 e. The van der Waals surface area contributed by atoms with Gasteiger partial charge in [-0.05, 0) is 49.6 Å². The fraction of sp³-hybridized carbons (Fsp3) is 0.261.